The Morgan fingerprint density at radius 1 is 1.14 bits per heavy atom. The molecule has 0 aromatic heterocycles. The molecule has 0 radical (unpaired) electrons. The van der Waals surface area contributed by atoms with Crippen LogP contribution in [-0.4, -0.2) is 65.4 Å². The van der Waals surface area contributed by atoms with E-state index in [4.69, 9.17) is 23.7 Å². The third kappa shape index (κ3) is 4.66. The van der Waals surface area contributed by atoms with Crippen molar-refractivity contribution in [1.29, 1.82) is 0 Å². The average Bonchev–Trinajstić information content (AvgIpc) is 2.89. The highest BCUT2D eigenvalue weighted by Gasteiger charge is 2.70. The van der Waals surface area contributed by atoms with E-state index in [9.17, 15) is 14.4 Å². The van der Waals surface area contributed by atoms with Gasteiger partial charge in [0, 0.05) is 0 Å². The predicted molar refractivity (Wildman–Crippen MR) is 102 cm³/mol. The van der Waals surface area contributed by atoms with E-state index in [1.807, 2.05) is 0 Å². The van der Waals surface area contributed by atoms with Crippen LogP contribution in [0.4, 0.5) is 4.79 Å². The second-order valence-electron chi connectivity index (χ2n) is 10.00. The van der Waals surface area contributed by atoms with E-state index < -0.39 is 52.8 Å². The molecule has 0 N–H and O–H groups in total. The fraction of sp³-hybridized carbons (Fsp3) is 0.850. The van der Waals surface area contributed by atoms with Gasteiger partial charge < -0.3 is 23.7 Å². The van der Waals surface area contributed by atoms with Crippen molar-refractivity contribution in [3.8, 4) is 0 Å². The van der Waals surface area contributed by atoms with Crippen LogP contribution in [-0.2, 0) is 33.3 Å². The van der Waals surface area contributed by atoms with E-state index in [0.717, 1.165) is 0 Å². The van der Waals surface area contributed by atoms with Gasteiger partial charge in [0.25, 0.3) is 6.47 Å². The minimum atomic E-state index is -1.50. The van der Waals surface area contributed by atoms with Gasteiger partial charge in [-0.1, -0.05) is 0 Å². The molecule has 4 atom stereocenters. The van der Waals surface area contributed by atoms with E-state index in [1.54, 1.807) is 62.3 Å². The predicted octanol–water partition coefficient (Wildman–Crippen LogP) is 2.60. The Labute approximate surface area is 171 Å². The Morgan fingerprint density at radius 2 is 1.72 bits per heavy atom. The first-order valence-corrected chi connectivity index (χ1v) is 9.71. The fourth-order valence-electron chi connectivity index (χ4n) is 3.61. The van der Waals surface area contributed by atoms with Crippen molar-refractivity contribution in [3.05, 3.63) is 0 Å². The third-order valence-corrected chi connectivity index (χ3v) is 4.69. The number of nitrogens with zero attached hydrogens (tertiary/aromatic N) is 1. The zero-order chi connectivity index (χ0) is 22.4. The number of carbonyl (C=O) groups is 3. The van der Waals surface area contributed by atoms with Crippen LogP contribution in [0.1, 0.15) is 62.3 Å². The summed E-state index contributed by atoms with van der Waals surface area (Å²) in [7, 11) is 0. The van der Waals surface area contributed by atoms with Crippen molar-refractivity contribution in [1.82, 2.24) is 4.90 Å². The summed E-state index contributed by atoms with van der Waals surface area (Å²) in [4.78, 5) is 38.0. The molecule has 0 aliphatic carbocycles. The van der Waals surface area contributed by atoms with Gasteiger partial charge in [-0.05, 0) is 62.3 Å². The SMILES string of the molecule is C[C@H]1[C@@H](OC=O)[C@@H]2OC(C)(C)O[C@]2(COC(=O)C(C)(C)C)N1C(=O)OC(C)(C)C. The number of carbonyl (C=O) groups excluding carboxylic acids is 3. The lowest BCUT2D eigenvalue weighted by Crippen LogP contribution is -2.58. The van der Waals surface area contributed by atoms with Crippen LogP contribution in [0, 0.1) is 5.41 Å². The van der Waals surface area contributed by atoms with Gasteiger partial charge in [-0.25, -0.2) is 4.79 Å². The van der Waals surface area contributed by atoms with Gasteiger partial charge in [-0.15, -0.1) is 0 Å². The molecule has 166 valence electrons. The molecule has 2 aliphatic heterocycles. The highest BCUT2D eigenvalue weighted by Crippen LogP contribution is 2.49. The van der Waals surface area contributed by atoms with Gasteiger partial charge in [-0.2, -0.15) is 0 Å². The Balaban J connectivity index is 2.47. The van der Waals surface area contributed by atoms with E-state index >= 15 is 0 Å². The molecule has 2 heterocycles. The zero-order valence-corrected chi connectivity index (χ0v) is 18.7. The summed E-state index contributed by atoms with van der Waals surface area (Å²) in [6.07, 6.45) is -2.37. The standard InChI is InChI=1S/C20H33NO8/c1-12-13(26-11-22)14-20(29-19(8,9)27-14,10-25-15(23)17(2,3)4)21(12)16(24)28-18(5,6)7/h11-14H,10H2,1-9H3/t12-,13+,14-,20-/m0/s1. The molecule has 2 saturated heterocycles. The monoisotopic (exact) mass is 415 g/mol. The summed E-state index contributed by atoms with van der Waals surface area (Å²) in [5.41, 5.74) is -3.02. The molecule has 2 fully saturated rings. The molecule has 0 aromatic rings. The quantitative estimate of drug-likeness (QED) is 0.392. The fourth-order valence-corrected chi connectivity index (χ4v) is 3.61. The second-order valence-corrected chi connectivity index (χ2v) is 10.00. The third-order valence-electron chi connectivity index (χ3n) is 4.69. The van der Waals surface area contributed by atoms with Crippen LogP contribution in [0.3, 0.4) is 0 Å². The smallest absolute Gasteiger partial charge is 0.413 e. The lowest BCUT2D eigenvalue weighted by atomic mass is 9.97. The Morgan fingerprint density at radius 3 is 2.21 bits per heavy atom. The van der Waals surface area contributed by atoms with E-state index in [2.05, 4.69) is 0 Å². The number of ether oxygens (including phenoxy) is 5. The van der Waals surface area contributed by atoms with E-state index in [-0.39, 0.29) is 6.61 Å². The number of likely N-dealkylation sites (tertiary alicyclic amines) is 1. The molecular formula is C20H33NO8. The van der Waals surface area contributed by atoms with Crippen LogP contribution >= 0.6 is 0 Å². The minimum absolute atomic E-state index is 0.292. The van der Waals surface area contributed by atoms with Crippen molar-refractivity contribution >= 4 is 18.5 Å². The number of hydrogen-bond donors (Lipinski definition) is 0. The minimum Gasteiger partial charge on any atom is -0.460 e. The van der Waals surface area contributed by atoms with Gasteiger partial charge in [0.05, 0.1) is 11.5 Å². The van der Waals surface area contributed by atoms with Gasteiger partial charge in [0.1, 0.15) is 12.2 Å². The van der Waals surface area contributed by atoms with Crippen LogP contribution in [0.25, 0.3) is 0 Å². The van der Waals surface area contributed by atoms with Crippen molar-refractivity contribution < 1.29 is 38.1 Å². The molecule has 0 bridgehead atoms. The van der Waals surface area contributed by atoms with Crippen molar-refractivity contribution in [3.63, 3.8) is 0 Å². The molecule has 0 saturated carbocycles. The second kappa shape index (κ2) is 7.43. The molecule has 1 amide bonds. The summed E-state index contributed by atoms with van der Waals surface area (Å²) < 4.78 is 28.5. The van der Waals surface area contributed by atoms with Crippen molar-refractivity contribution in [2.24, 2.45) is 5.41 Å². The number of rotatable bonds is 4. The van der Waals surface area contributed by atoms with Crippen LogP contribution in [0.5, 0.6) is 0 Å². The molecule has 0 aromatic carbocycles. The topological polar surface area (TPSA) is 101 Å². The maximum absolute atomic E-state index is 13.1. The molecule has 29 heavy (non-hydrogen) atoms. The van der Waals surface area contributed by atoms with Crippen LogP contribution in [0.2, 0.25) is 0 Å². The molecular weight excluding hydrogens is 382 g/mol. The van der Waals surface area contributed by atoms with Crippen LogP contribution in [0.15, 0.2) is 0 Å². The van der Waals surface area contributed by atoms with Crippen molar-refractivity contribution in [2.45, 2.75) is 97.7 Å². The van der Waals surface area contributed by atoms with E-state index in [0.29, 0.717) is 6.47 Å². The van der Waals surface area contributed by atoms with Gasteiger partial charge >= 0.3 is 12.1 Å². The van der Waals surface area contributed by atoms with Crippen LogP contribution < -0.4 is 0 Å². The molecule has 0 spiro atoms. The summed E-state index contributed by atoms with van der Waals surface area (Å²) in [5, 5.41) is 0. The van der Waals surface area contributed by atoms with Gasteiger partial charge in [0.15, 0.2) is 18.0 Å². The number of esters is 1. The molecule has 2 rings (SSSR count). The summed E-state index contributed by atoms with van der Waals surface area (Å²) in [6, 6.07) is -0.635. The maximum Gasteiger partial charge on any atom is 0.413 e. The number of hydrogen-bond acceptors (Lipinski definition) is 8. The molecule has 0 unspecified atom stereocenters. The zero-order valence-electron chi connectivity index (χ0n) is 18.7. The Hall–Kier alpha value is -1.87. The first kappa shape index (κ1) is 23.4. The summed E-state index contributed by atoms with van der Waals surface area (Å²) in [5.74, 6) is -1.57. The summed E-state index contributed by atoms with van der Waals surface area (Å²) >= 11 is 0. The first-order valence-electron chi connectivity index (χ1n) is 9.71. The largest absolute Gasteiger partial charge is 0.460 e. The normalized spacial score (nSPS) is 31.2. The average molecular weight is 415 g/mol. The summed E-state index contributed by atoms with van der Waals surface area (Å²) in [6.45, 7) is 15.5. The molecule has 9 nitrogen and oxygen atoms in total. The van der Waals surface area contributed by atoms with Gasteiger partial charge in [0.2, 0.25) is 5.72 Å². The number of amides is 1. The maximum atomic E-state index is 13.1. The highest BCUT2D eigenvalue weighted by molar-refractivity contribution is 5.75. The lowest BCUT2D eigenvalue weighted by Gasteiger charge is -2.39. The molecule has 9 heteroatoms. The van der Waals surface area contributed by atoms with Gasteiger partial charge in [-0.3, -0.25) is 14.5 Å². The van der Waals surface area contributed by atoms with Crippen molar-refractivity contribution in [2.75, 3.05) is 6.61 Å². The first-order chi connectivity index (χ1) is 13.0. The number of fused-ring (bicyclic) bond motifs is 1. The highest BCUT2D eigenvalue weighted by atomic mass is 16.8. The lowest BCUT2D eigenvalue weighted by molar-refractivity contribution is -0.222. The molecule has 2 aliphatic rings. The van der Waals surface area contributed by atoms with E-state index in [1.165, 1.54) is 4.90 Å². The Kier molecular flexibility index (Phi) is 6.00. The Bertz CT molecular complexity index is 662.